The molecule has 1 heterocycles. The van der Waals surface area contributed by atoms with Crippen molar-refractivity contribution in [3.63, 3.8) is 0 Å². The number of para-hydroxylation sites is 1. The van der Waals surface area contributed by atoms with Gasteiger partial charge in [0.15, 0.2) is 5.71 Å². The number of aliphatic hydroxyl groups is 1. The molecular formula is C15H22BrNO. The molecule has 0 amide bonds. The molecule has 1 aromatic rings. The Morgan fingerprint density at radius 3 is 2.50 bits per heavy atom. The molecular weight excluding hydrogens is 290 g/mol. The van der Waals surface area contributed by atoms with E-state index in [4.69, 9.17) is 5.11 Å². The molecule has 18 heavy (non-hydrogen) atoms. The number of aliphatic hydroxyl groups excluding tert-OH is 1. The molecule has 2 nitrogen and oxygen atoms in total. The predicted octanol–water partition coefficient (Wildman–Crippen LogP) is -0.141. The van der Waals surface area contributed by atoms with E-state index in [1.807, 2.05) is 0 Å². The lowest BCUT2D eigenvalue weighted by atomic mass is 9.82. The van der Waals surface area contributed by atoms with Crippen LogP contribution in [0.15, 0.2) is 24.3 Å². The van der Waals surface area contributed by atoms with Crippen molar-refractivity contribution in [1.29, 1.82) is 0 Å². The van der Waals surface area contributed by atoms with Gasteiger partial charge in [-0.2, -0.15) is 4.58 Å². The van der Waals surface area contributed by atoms with E-state index >= 15 is 0 Å². The maximum Gasteiger partial charge on any atom is 0.209 e. The summed E-state index contributed by atoms with van der Waals surface area (Å²) in [5.74, 6) is 0. The highest BCUT2D eigenvalue weighted by Gasteiger charge is 2.42. The smallest absolute Gasteiger partial charge is 0.209 e. The van der Waals surface area contributed by atoms with Crippen LogP contribution in [0, 0.1) is 0 Å². The average molecular weight is 312 g/mol. The summed E-state index contributed by atoms with van der Waals surface area (Å²) in [6, 6.07) is 8.65. The first kappa shape index (κ1) is 15.4. The molecule has 0 saturated carbocycles. The summed E-state index contributed by atoms with van der Waals surface area (Å²) >= 11 is 0. The molecule has 100 valence electrons. The lowest BCUT2D eigenvalue weighted by Crippen LogP contribution is -3.00. The Hall–Kier alpha value is -0.670. The van der Waals surface area contributed by atoms with Gasteiger partial charge in [0.2, 0.25) is 5.69 Å². The number of fused-ring (bicyclic) bond motifs is 1. The number of halogens is 1. The highest BCUT2D eigenvalue weighted by Crippen LogP contribution is 2.39. The van der Waals surface area contributed by atoms with Crippen molar-refractivity contribution < 1.29 is 26.7 Å². The fourth-order valence-corrected chi connectivity index (χ4v) is 2.62. The van der Waals surface area contributed by atoms with Crippen molar-refractivity contribution in [3.8, 4) is 0 Å². The molecule has 0 radical (unpaired) electrons. The van der Waals surface area contributed by atoms with Crippen LogP contribution in [0.1, 0.15) is 39.2 Å². The van der Waals surface area contributed by atoms with Gasteiger partial charge < -0.3 is 22.1 Å². The molecule has 0 unspecified atom stereocenters. The van der Waals surface area contributed by atoms with Gasteiger partial charge in [0.25, 0.3) is 0 Å². The van der Waals surface area contributed by atoms with E-state index in [9.17, 15) is 0 Å². The van der Waals surface area contributed by atoms with Gasteiger partial charge >= 0.3 is 0 Å². The van der Waals surface area contributed by atoms with Crippen LogP contribution in [-0.4, -0.2) is 28.5 Å². The average Bonchev–Trinajstić information content (AvgIpc) is 2.51. The largest absolute Gasteiger partial charge is 1.00 e. The van der Waals surface area contributed by atoms with Crippen molar-refractivity contribution in [2.24, 2.45) is 0 Å². The van der Waals surface area contributed by atoms with Crippen LogP contribution in [0.4, 0.5) is 5.69 Å². The molecule has 0 aromatic heterocycles. The first-order valence-electron chi connectivity index (χ1n) is 6.41. The van der Waals surface area contributed by atoms with E-state index in [1.165, 1.54) is 17.0 Å². The Bertz CT molecular complexity index is 452. The summed E-state index contributed by atoms with van der Waals surface area (Å²) in [5.41, 5.74) is 4.31. The zero-order valence-electron chi connectivity index (χ0n) is 11.4. The maximum atomic E-state index is 8.88. The first-order chi connectivity index (χ1) is 8.09. The van der Waals surface area contributed by atoms with Gasteiger partial charge in [-0.05, 0) is 20.3 Å². The maximum absolute atomic E-state index is 8.88. The van der Waals surface area contributed by atoms with Crippen molar-refractivity contribution in [1.82, 2.24) is 0 Å². The molecule has 0 aliphatic carbocycles. The molecule has 0 atom stereocenters. The van der Waals surface area contributed by atoms with E-state index in [1.54, 1.807) is 0 Å². The SMILES string of the molecule is CC1=[N+](CCCCO)c2ccccc2C1(C)C.[Br-]. The monoisotopic (exact) mass is 311 g/mol. The Kier molecular flexibility index (Phi) is 5.11. The van der Waals surface area contributed by atoms with E-state index in [-0.39, 0.29) is 29.0 Å². The Morgan fingerprint density at radius 1 is 1.17 bits per heavy atom. The summed E-state index contributed by atoms with van der Waals surface area (Å²) in [7, 11) is 0. The van der Waals surface area contributed by atoms with E-state index in [2.05, 4.69) is 49.6 Å². The summed E-state index contributed by atoms with van der Waals surface area (Å²) in [6.07, 6.45) is 1.92. The van der Waals surface area contributed by atoms with Gasteiger partial charge in [-0.25, -0.2) is 0 Å². The third-order valence-electron chi connectivity index (χ3n) is 3.97. The van der Waals surface area contributed by atoms with E-state index in [0.717, 1.165) is 19.4 Å². The second-order valence-corrected chi connectivity index (χ2v) is 5.31. The van der Waals surface area contributed by atoms with Crippen LogP contribution >= 0.6 is 0 Å². The zero-order valence-corrected chi connectivity index (χ0v) is 13.0. The Labute approximate surface area is 120 Å². The predicted molar refractivity (Wildman–Crippen MR) is 71.3 cm³/mol. The topological polar surface area (TPSA) is 23.2 Å². The van der Waals surface area contributed by atoms with E-state index in [0.29, 0.717) is 0 Å². The van der Waals surface area contributed by atoms with E-state index < -0.39 is 0 Å². The van der Waals surface area contributed by atoms with Gasteiger partial charge in [0, 0.05) is 31.6 Å². The van der Waals surface area contributed by atoms with Crippen LogP contribution in [-0.2, 0) is 5.41 Å². The van der Waals surface area contributed by atoms with Gasteiger partial charge in [0.1, 0.15) is 6.54 Å². The van der Waals surface area contributed by atoms with Crippen LogP contribution in [0.5, 0.6) is 0 Å². The number of rotatable bonds is 4. The van der Waals surface area contributed by atoms with Crippen molar-refractivity contribution in [2.45, 2.75) is 39.0 Å². The number of unbranched alkanes of at least 4 members (excludes halogenated alkanes) is 1. The molecule has 1 aromatic carbocycles. The van der Waals surface area contributed by atoms with Crippen molar-refractivity contribution in [2.75, 3.05) is 13.2 Å². The molecule has 0 bridgehead atoms. The number of hydrogen-bond donors (Lipinski definition) is 1. The number of hydrogen-bond acceptors (Lipinski definition) is 1. The molecule has 0 saturated heterocycles. The Balaban J connectivity index is 0.00000162. The molecule has 2 rings (SSSR count). The minimum absolute atomic E-state index is 0. The fourth-order valence-electron chi connectivity index (χ4n) is 2.62. The fraction of sp³-hybridized carbons (Fsp3) is 0.533. The molecule has 1 aliphatic heterocycles. The van der Waals surface area contributed by atoms with Gasteiger partial charge in [0.05, 0.1) is 5.41 Å². The standard InChI is InChI=1S/C15H22NO.BrH/c1-12-15(2,3)13-8-4-5-9-14(13)16(12)10-6-7-11-17;/h4-5,8-9,17H,6-7,10-11H2,1-3H3;1H/q+1;/p-1. The molecule has 1 N–H and O–H groups in total. The zero-order chi connectivity index (χ0) is 12.5. The summed E-state index contributed by atoms with van der Waals surface area (Å²) in [4.78, 5) is 0. The molecule has 3 heteroatoms. The third-order valence-corrected chi connectivity index (χ3v) is 3.97. The lowest BCUT2D eigenvalue weighted by Gasteiger charge is -2.14. The molecule has 0 fully saturated rings. The molecule has 0 spiro atoms. The van der Waals surface area contributed by atoms with Crippen LogP contribution in [0.2, 0.25) is 0 Å². The van der Waals surface area contributed by atoms with Crippen LogP contribution in [0.3, 0.4) is 0 Å². The normalized spacial score (nSPS) is 16.4. The van der Waals surface area contributed by atoms with Gasteiger partial charge in [-0.1, -0.05) is 18.2 Å². The summed E-state index contributed by atoms with van der Waals surface area (Å²) in [6.45, 7) is 8.09. The number of nitrogens with zero attached hydrogens (tertiary/aromatic N) is 1. The summed E-state index contributed by atoms with van der Waals surface area (Å²) in [5, 5.41) is 8.88. The van der Waals surface area contributed by atoms with Crippen molar-refractivity contribution >= 4 is 11.4 Å². The van der Waals surface area contributed by atoms with Gasteiger partial charge in [-0.15, -0.1) is 0 Å². The second-order valence-electron chi connectivity index (χ2n) is 5.31. The van der Waals surface area contributed by atoms with Crippen LogP contribution in [0.25, 0.3) is 0 Å². The quantitative estimate of drug-likeness (QED) is 0.607. The Morgan fingerprint density at radius 2 is 1.83 bits per heavy atom. The van der Waals surface area contributed by atoms with Gasteiger partial charge in [-0.3, -0.25) is 0 Å². The molecule has 1 aliphatic rings. The second kappa shape index (κ2) is 5.98. The third kappa shape index (κ3) is 2.52. The highest BCUT2D eigenvalue weighted by atomic mass is 79.9. The first-order valence-corrected chi connectivity index (χ1v) is 6.41. The van der Waals surface area contributed by atoms with Crippen LogP contribution < -0.4 is 17.0 Å². The minimum Gasteiger partial charge on any atom is -1.00 e. The highest BCUT2D eigenvalue weighted by molar-refractivity contribution is 5.93. The minimum atomic E-state index is 0. The summed E-state index contributed by atoms with van der Waals surface area (Å²) < 4.78 is 2.41. The van der Waals surface area contributed by atoms with Crippen molar-refractivity contribution in [3.05, 3.63) is 29.8 Å². The lowest BCUT2D eigenvalue weighted by molar-refractivity contribution is -0.439. The number of benzene rings is 1.